The molecule has 1 spiro atoms. The SMILES string of the molecule is O=C1CCC2(OCCO2)C(O)C1. The van der Waals surface area contributed by atoms with E-state index in [-0.39, 0.29) is 12.2 Å². The Labute approximate surface area is 70.5 Å². The first-order chi connectivity index (χ1) is 5.73. The number of ether oxygens (including phenoxy) is 2. The van der Waals surface area contributed by atoms with E-state index in [2.05, 4.69) is 0 Å². The van der Waals surface area contributed by atoms with Gasteiger partial charge in [-0.1, -0.05) is 0 Å². The van der Waals surface area contributed by atoms with E-state index in [9.17, 15) is 9.90 Å². The maximum absolute atomic E-state index is 10.9. The Morgan fingerprint density at radius 3 is 2.67 bits per heavy atom. The van der Waals surface area contributed by atoms with Crippen LogP contribution in [0, 0.1) is 0 Å². The molecule has 0 radical (unpaired) electrons. The zero-order valence-electron chi connectivity index (χ0n) is 6.78. The van der Waals surface area contributed by atoms with Crippen LogP contribution in [0.4, 0.5) is 0 Å². The monoisotopic (exact) mass is 172 g/mol. The van der Waals surface area contributed by atoms with E-state index in [1.807, 2.05) is 0 Å². The molecule has 0 amide bonds. The highest BCUT2D eigenvalue weighted by atomic mass is 16.7. The van der Waals surface area contributed by atoms with Gasteiger partial charge in [0.25, 0.3) is 0 Å². The third kappa shape index (κ3) is 1.16. The second kappa shape index (κ2) is 2.80. The molecule has 0 bridgehead atoms. The number of ketones is 1. The van der Waals surface area contributed by atoms with Crippen LogP contribution in [0.15, 0.2) is 0 Å². The molecular formula is C8H12O4. The van der Waals surface area contributed by atoms with Crippen LogP contribution in [0.3, 0.4) is 0 Å². The molecule has 0 aromatic heterocycles. The summed E-state index contributed by atoms with van der Waals surface area (Å²) in [6, 6.07) is 0. The summed E-state index contributed by atoms with van der Waals surface area (Å²) in [5, 5.41) is 9.56. The van der Waals surface area contributed by atoms with Crippen molar-refractivity contribution in [3.8, 4) is 0 Å². The van der Waals surface area contributed by atoms with Crippen LogP contribution in [0.25, 0.3) is 0 Å². The van der Waals surface area contributed by atoms with Crippen molar-refractivity contribution in [3.05, 3.63) is 0 Å². The Bertz CT molecular complexity index is 195. The Kier molecular flexibility index (Phi) is 1.90. The number of aliphatic hydroxyl groups is 1. The zero-order chi connectivity index (χ0) is 8.60. The lowest BCUT2D eigenvalue weighted by Crippen LogP contribution is -2.48. The molecule has 1 aliphatic carbocycles. The summed E-state index contributed by atoms with van der Waals surface area (Å²) < 4.78 is 10.6. The molecule has 2 fully saturated rings. The first-order valence-electron chi connectivity index (χ1n) is 4.21. The molecule has 12 heavy (non-hydrogen) atoms. The van der Waals surface area contributed by atoms with Gasteiger partial charge in [-0.2, -0.15) is 0 Å². The van der Waals surface area contributed by atoms with Crippen molar-refractivity contribution in [2.45, 2.75) is 31.2 Å². The summed E-state index contributed by atoms with van der Waals surface area (Å²) in [4.78, 5) is 10.9. The molecule has 1 atom stereocenters. The van der Waals surface area contributed by atoms with Gasteiger partial charge in [0.2, 0.25) is 0 Å². The van der Waals surface area contributed by atoms with E-state index in [4.69, 9.17) is 9.47 Å². The van der Waals surface area contributed by atoms with Gasteiger partial charge in [0.1, 0.15) is 11.9 Å². The lowest BCUT2D eigenvalue weighted by Gasteiger charge is -2.35. The summed E-state index contributed by atoms with van der Waals surface area (Å²) in [5.41, 5.74) is 0. The minimum absolute atomic E-state index is 0.0900. The van der Waals surface area contributed by atoms with Crippen molar-refractivity contribution in [2.24, 2.45) is 0 Å². The highest BCUT2D eigenvalue weighted by Gasteiger charge is 2.47. The smallest absolute Gasteiger partial charge is 0.195 e. The lowest BCUT2D eigenvalue weighted by atomic mass is 9.90. The number of hydrogen-bond donors (Lipinski definition) is 1. The first-order valence-corrected chi connectivity index (χ1v) is 4.21. The quantitative estimate of drug-likeness (QED) is 0.551. The van der Waals surface area contributed by atoms with Gasteiger partial charge in [0.05, 0.1) is 13.2 Å². The summed E-state index contributed by atoms with van der Waals surface area (Å²) in [6.45, 7) is 1.04. The molecule has 1 heterocycles. The first kappa shape index (κ1) is 8.16. The summed E-state index contributed by atoms with van der Waals surface area (Å²) in [7, 11) is 0. The van der Waals surface area contributed by atoms with Crippen LogP contribution in [0.5, 0.6) is 0 Å². The van der Waals surface area contributed by atoms with Crippen LogP contribution in [-0.4, -0.2) is 36.0 Å². The van der Waals surface area contributed by atoms with Crippen LogP contribution in [0.2, 0.25) is 0 Å². The fourth-order valence-electron chi connectivity index (χ4n) is 1.76. The molecule has 1 saturated carbocycles. The zero-order valence-corrected chi connectivity index (χ0v) is 6.78. The van der Waals surface area contributed by atoms with Crippen molar-refractivity contribution >= 4 is 5.78 Å². The number of carbonyl (C=O) groups excluding carboxylic acids is 1. The normalized spacial score (nSPS) is 34.4. The summed E-state index contributed by atoms with van der Waals surface area (Å²) >= 11 is 0. The van der Waals surface area contributed by atoms with Gasteiger partial charge < -0.3 is 14.6 Å². The predicted molar refractivity (Wildman–Crippen MR) is 39.5 cm³/mol. The molecule has 4 heteroatoms. The van der Waals surface area contributed by atoms with Crippen molar-refractivity contribution < 1.29 is 19.4 Å². The maximum Gasteiger partial charge on any atom is 0.195 e. The minimum Gasteiger partial charge on any atom is -0.387 e. The minimum atomic E-state index is -0.853. The highest BCUT2D eigenvalue weighted by Crippen LogP contribution is 2.34. The van der Waals surface area contributed by atoms with Gasteiger partial charge >= 0.3 is 0 Å². The summed E-state index contributed by atoms with van der Waals surface area (Å²) in [5.74, 6) is -0.763. The lowest BCUT2D eigenvalue weighted by molar-refractivity contribution is -0.232. The van der Waals surface area contributed by atoms with Crippen LogP contribution in [-0.2, 0) is 14.3 Å². The predicted octanol–water partition coefficient (Wildman–Crippen LogP) is -0.157. The van der Waals surface area contributed by atoms with Crippen molar-refractivity contribution in [1.82, 2.24) is 0 Å². The number of hydrogen-bond acceptors (Lipinski definition) is 4. The van der Waals surface area contributed by atoms with Gasteiger partial charge in [0, 0.05) is 19.3 Å². The van der Waals surface area contributed by atoms with E-state index in [1.165, 1.54) is 0 Å². The molecule has 68 valence electrons. The Morgan fingerprint density at radius 1 is 1.42 bits per heavy atom. The number of Topliss-reactive ketones (excluding diaryl/α,β-unsaturated/α-hetero) is 1. The summed E-state index contributed by atoms with van der Waals surface area (Å²) in [6.07, 6.45) is 0.339. The fraction of sp³-hybridized carbons (Fsp3) is 0.875. The number of aliphatic hydroxyl groups excluding tert-OH is 1. The maximum atomic E-state index is 10.9. The molecule has 1 saturated heterocycles. The Balaban J connectivity index is 2.10. The Hall–Kier alpha value is -0.450. The topological polar surface area (TPSA) is 55.8 Å². The van der Waals surface area contributed by atoms with E-state index in [1.54, 1.807) is 0 Å². The number of carbonyl (C=O) groups is 1. The van der Waals surface area contributed by atoms with E-state index in [0.717, 1.165) is 0 Å². The second-order valence-corrected chi connectivity index (χ2v) is 3.27. The van der Waals surface area contributed by atoms with E-state index in [0.29, 0.717) is 26.1 Å². The van der Waals surface area contributed by atoms with Crippen LogP contribution in [0.1, 0.15) is 19.3 Å². The average molecular weight is 172 g/mol. The molecular weight excluding hydrogens is 160 g/mol. The molecule has 2 rings (SSSR count). The second-order valence-electron chi connectivity index (χ2n) is 3.27. The standard InChI is InChI=1S/C8H12O4/c9-6-1-2-8(7(10)5-6)11-3-4-12-8/h7,10H,1-5H2. The highest BCUT2D eigenvalue weighted by molar-refractivity contribution is 5.80. The average Bonchev–Trinajstić information content (AvgIpc) is 2.48. The molecule has 1 unspecified atom stereocenters. The van der Waals surface area contributed by atoms with Crippen molar-refractivity contribution in [2.75, 3.05) is 13.2 Å². The van der Waals surface area contributed by atoms with Crippen molar-refractivity contribution in [3.63, 3.8) is 0 Å². The molecule has 2 aliphatic rings. The number of rotatable bonds is 0. The van der Waals surface area contributed by atoms with Gasteiger partial charge in [-0.15, -0.1) is 0 Å². The van der Waals surface area contributed by atoms with E-state index < -0.39 is 11.9 Å². The van der Waals surface area contributed by atoms with Gasteiger partial charge in [-0.25, -0.2) is 0 Å². The van der Waals surface area contributed by atoms with Crippen molar-refractivity contribution in [1.29, 1.82) is 0 Å². The molecule has 1 N–H and O–H groups in total. The third-order valence-electron chi connectivity index (χ3n) is 2.46. The van der Waals surface area contributed by atoms with E-state index >= 15 is 0 Å². The Morgan fingerprint density at radius 2 is 2.08 bits per heavy atom. The van der Waals surface area contributed by atoms with Crippen LogP contribution >= 0.6 is 0 Å². The molecule has 0 aromatic carbocycles. The molecule has 4 nitrogen and oxygen atoms in total. The van der Waals surface area contributed by atoms with Crippen LogP contribution < -0.4 is 0 Å². The van der Waals surface area contributed by atoms with Gasteiger partial charge in [-0.3, -0.25) is 4.79 Å². The third-order valence-corrected chi connectivity index (χ3v) is 2.46. The van der Waals surface area contributed by atoms with Gasteiger partial charge in [0.15, 0.2) is 5.79 Å². The molecule has 0 aromatic rings. The fourth-order valence-corrected chi connectivity index (χ4v) is 1.76. The largest absolute Gasteiger partial charge is 0.387 e. The van der Waals surface area contributed by atoms with Gasteiger partial charge in [-0.05, 0) is 0 Å². The molecule has 1 aliphatic heterocycles.